The number of H-pyrrole nitrogens is 2. The zero-order valence-electron chi connectivity index (χ0n) is 17.5. The highest BCUT2D eigenvalue weighted by molar-refractivity contribution is 6.39. The van der Waals surface area contributed by atoms with E-state index in [0.717, 1.165) is 28.0 Å². The Labute approximate surface area is 195 Å². The zero-order chi connectivity index (χ0) is 22.7. The molecule has 32 heavy (non-hydrogen) atoms. The van der Waals surface area contributed by atoms with Gasteiger partial charge in [-0.05, 0) is 42.5 Å². The number of nitrogens with one attached hydrogen (secondary N) is 3. The highest BCUT2D eigenvalue weighted by atomic mass is 35.5. The molecule has 1 amide bonds. The van der Waals surface area contributed by atoms with E-state index in [-0.39, 0.29) is 5.91 Å². The number of carbonyl (C=O) groups excluding carboxylic acids is 1. The van der Waals surface area contributed by atoms with Gasteiger partial charge in [-0.2, -0.15) is 5.10 Å². The van der Waals surface area contributed by atoms with Crippen molar-refractivity contribution in [2.45, 2.75) is 20.3 Å². The topological polar surface area (TPSA) is 86.5 Å². The van der Waals surface area contributed by atoms with Crippen LogP contribution in [0.1, 0.15) is 41.9 Å². The fourth-order valence-electron chi connectivity index (χ4n) is 3.40. The van der Waals surface area contributed by atoms with E-state index in [0.29, 0.717) is 33.4 Å². The van der Waals surface area contributed by atoms with Crippen LogP contribution in [0, 0.1) is 0 Å². The highest BCUT2D eigenvalue weighted by Crippen LogP contribution is 2.34. The van der Waals surface area contributed by atoms with Crippen molar-refractivity contribution in [2.24, 2.45) is 0 Å². The van der Waals surface area contributed by atoms with E-state index in [4.69, 9.17) is 23.2 Å². The van der Waals surface area contributed by atoms with Crippen molar-refractivity contribution < 1.29 is 4.79 Å². The highest BCUT2D eigenvalue weighted by Gasteiger charge is 2.15. The fraction of sp³-hybridized carbons (Fsp3) is 0.125. The summed E-state index contributed by atoms with van der Waals surface area (Å²) in [5, 5.41) is 10.9. The summed E-state index contributed by atoms with van der Waals surface area (Å²) in [6, 6.07) is 10.6. The minimum Gasteiger partial charge on any atom is -0.338 e. The van der Waals surface area contributed by atoms with Crippen molar-refractivity contribution >= 4 is 52.3 Å². The van der Waals surface area contributed by atoms with Gasteiger partial charge in [0.25, 0.3) is 5.91 Å². The van der Waals surface area contributed by atoms with Gasteiger partial charge in [0.05, 0.1) is 38.5 Å². The summed E-state index contributed by atoms with van der Waals surface area (Å²) in [6.45, 7) is 4.00. The average Bonchev–Trinajstić information content (AvgIpc) is 3.36. The number of nitrogens with zero attached hydrogens (tertiary/aromatic N) is 2. The quantitative estimate of drug-likeness (QED) is 0.323. The molecule has 0 radical (unpaired) electrons. The molecule has 6 nitrogen and oxygen atoms in total. The third kappa shape index (κ3) is 4.33. The number of allylic oxidation sites excluding steroid dienone is 1. The predicted octanol–water partition coefficient (Wildman–Crippen LogP) is 6.47. The first-order chi connectivity index (χ1) is 15.6. The van der Waals surface area contributed by atoms with Gasteiger partial charge in [0, 0.05) is 23.2 Å². The summed E-state index contributed by atoms with van der Waals surface area (Å²) in [4.78, 5) is 20.6. The molecular weight excluding hydrogens is 445 g/mol. The van der Waals surface area contributed by atoms with E-state index < -0.39 is 0 Å². The molecule has 1 aliphatic rings. The van der Waals surface area contributed by atoms with Crippen molar-refractivity contribution in [1.29, 1.82) is 0 Å². The number of benzene rings is 2. The number of hydrogen-bond acceptors (Lipinski definition) is 3. The minimum absolute atomic E-state index is 0.199. The van der Waals surface area contributed by atoms with E-state index in [1.165, 1.54) is 0 Å². The molecule has 1 aliphatic carbocycles. The second-order valence-corrected chi connectivity index (χ2v) is 7.70. The Morgan fingerprint density at radius 1 is 1.12 bits per heavy atom. The van der Waals surface area contributed by atoms with Gasteiger partial charge >= 0.3 is 0 Å². The molecule has 0 atom stereocenters. The second kappa shape index (κ2) is 9.42. The van der Waals surface area contributed by atoms with E-state index >= 15 is 0 Å². The molecule has 8 heteroatoms. The average molecular weight is 466 g/mol. The lowest BCUT2D eigenvalue weighted by atomic mass is 10.1. The van der Waals surface area contributed by atoms with Gasteiger partial charge in [-0.15, -0.1) is 0 Å². The summed E-state index contributed by atoms with van der Waals surface area (Å²) in [5.74, 6) is 0.359. The SMILES string of the molecule is CC.O=C(NC1=Cc2cn[nH]c2C=CC1)c1ccc2nc(-c3c(Cl)cccc3Cl)[nH]c2c1. The lowest BCUT2D eigenvalue weighted by Gasteiger charge is -2.07. The summed E-state index contributed by atoms with van der Waals surface area (Å²) in [6.07, 6.45) is 8.21. The summed E-state index contributed by atoms with van der Waals surface area (Å²) < 4.78 is 0. The van der Waals surface area contributed by atoms with E-state index in [1.807, 2.05) is 32.1 Å². The molecule has 0 bridgehead atoms. The normalized spacial score (nSPS) is 12.4. The van der Waals surface area contributed by atoms with Gasteiger partial charge in [-0.25, -0.2) is 4.98 Å². The van der Waals surface area contributed by atoms with Crippen molar-refractivity contribution in [3.05, 3.63) is 81.2 Å². The molecule has 3 N–H and O–H groups in total. The smallest absolute Gasteiger partial charge is 0.255 e. The van der Waals surface area contributed by atoms with Crippen molar-refractivity contribution in [2.75, 3.05) is 0 Å². The number of carbonyl (C=O) groups is 1. The lowest BCUT2D eigenvalue weighted by Crippen LogP contribution is -2.22. The molecule has 5 rings (SSSR count). The molecular formula is C24H21Cl2N5O. The molecule has 4 aromatic rings. The number of hydrogen-bond donors (Lipinski definition) is 3. The maximum atomic E-state index is 12.8. The van der Waals surface area contributed by atoms with Crippen LogP contribution in [0.3, 0.4) is 0 Å². The first kappa shape index (κ1) is 21.9. The van der Waals surface area contributed by atoms with Crippen molar-refractivity contribution in [3.8, 4) is 11.4 Å². The Hall–Kier alpha value is -3.35. The standard InChI is InChI=1S/C22H15Cl2N5O.C2H6/c23-15-4-2-5-16(24)20(15)21-27-18-8-7-12(10-19(18)28-21)22(30)26-14-3-1-6-17-13(9-14)11-25-29-17;1-2/h1-2,4-11H,3H2,(H,25,29)(H,26,30)(H,27,28);1-2H3. The Bertz CT molecular complexity index is 1330. The summed E-state index contributed by atoms with van der Waals surface area (Å²) in [5.41, 5.74) is 5.24. The van der Waals surface area contributed by atoms with Crippen LogP contribution < -0.4 is 5.32 Å². The third-order valence-electron chi connectivity index (χ3n) is 4.87. The van der Waals surface area contributed by atoms with Gasteiger partial charge in [0.15, 0.2) is 0 Å². The molecule has 0 saturated carbocycles. The van der Waals surface area contributed by atoms with Gasteiger partial charge in [0.1, 0.15) is 5.82 Å². The molecule has 2 aromatic heterocycles. The molecule has 162 valence electrons. The molecule has 0 spiro atoms. The fourth-order valence-corrected chi connectivity index (χ4v) is 3.98. The maximum Gasteiger partial charge on any atom is 0.255 e. The Balaban J connectivity index is 0.00000119. The first-order valence-corrected chi connectivity index (χ1v) is 11.0. The minimum atomic E-state index is -0.199. The van der Waals surface area contributed by atoms with Crippen LogP contribution in [0.25, 0.3) is 34.6 Å². The number of fused-ring (bicyclic) bond motifs is 2. The number of aromatic amines is 2. The van der Waals surface area contributed by atoms with E-state index in [9.17, 15) is 4.79 Å². The third-order valence-corrected chi connectivity index (χ3v) is 5.50. The van der Waals surface area contributed by atoms with Gasteiger partial charge in [-0.1, -0.05) is 49.2 Å². The Kier molecular flexibility index (Phi) is 6.44. The van der Waals surface area contributed by atoms with Crippen LogP contribution in [0.2, 0.25) is 10.0 Å². The number of aromatic nitrogens is 4. The maximum absolute atomic E-state index is 12.8. The Morgan fingerprint density at radius 2 is 1.91 bits per heavy atom. The summed E-state index contributed by atoms with van der Waals surface area (Å²) in [7, 11) is 0. The summed E-state index contributed by atoms with van der Waals surface area (Å²) >= 11 is 12.6. The molecule has 0 fully saturated rings. The van der Waals surface area contributed by atoms with Gasteiger partial charge in [0.2, 0.25) is 0 Å². The van der Waals surface area contributed by atoms with E-state index in [2.05, 4.69) is 25.5 Å². The van der Waals surface area contributed by atoms with Gasteiger partial charge < -0.3 is 10.3 Å². The van der Waals surface area contributed by atoms with Crippen LogP contribution in [-0.2, 0) is 0 Å². The van der Waals surface area contributed by atoms with E-state index in [1.54, 1.807) is 42.6 Å². The molecule has 0 aliphatic heterocycles. The molecule has 0 saturated heterocycles. The zero-order valence-corrected chi connectivity index (χ0v) is 19.1. The lowest BCUT2D eigenvalue weighted by molar-refractivity contribution is 0.0965. The van der Waals surface area contributed by atoms with Gasteiger partial charge in [-0.3, -0.25) is 9.89 Å². The predicted molar refractivity (Wildman–Crippen MR) is 131 cm³/mol. The van der Waals surface area contributed by atoms with Crippen LogP contribution in [0.5, 0.6) is 0 Å². The largest absolute Gasteiger partial charge is 0.338 e. The van der Waals surface area contributed by atoms with Crippen molar-refractivity contribution in [1.82, 2.24) is 25.5 Å². The van der Waals surface area contributed by atoms with Crippen LogP contribution in [0.4, 0.5) is 0 Å². The molecule has 2 aromatic carbocycles. The number of halogens is 2. The first-order valence-electron chi connectivity index (χ1n) is 10.2. The monoisotopic (exact) mass is 465 g/mol. The van der Waals surface area contributed by atoms with Crippen LogP contribution in [0.15, 0.2) is 54.4 Å². The number of amides is 1. The van der Waals surface area contributed by atoms with Crippen LogP contribution in [-0.4, -0.2) is 26.1 Å². The number of rotatable bonds is 3. The number of imidazole rings is 1. The molecule has 2 heterocycles. The second-order valence-electron chi connectivity index (χ2n) is 6.88. The molecule has 0 unspecified atom stereocenters. The Morgan fingerprint density at radius 3 is 2.69 bits per heavy atom. The van der Waals surface area contributed by atoms with Crippen LogP contribution >= 0.6 is 23.2 Å². The van der Waals surface area contributed by atoms with Crippen molar-refractivity contribution in [3.63, 3.8) is 0 Å².